The fourth-order valence-electron chi connectivity index (χ4n) is 1.84. The van der Waals surface area contributed by atoms with Gasteiger partial charge in [-0.3, -0.25) is 4.79 Å². The lowest BCUT2D eigenvalue weighted by Crippen LogP contribution is -2.09. The second kappa shape index (κ2) is 8.70. The predicted molar refractivity (Wildman–Crippen MR) is 94.7 cm³/mol. The first-order valence-corrected chi connectivity index (χ1v) is 7.56. The number of hydrogen-bond donors (Lipinski definition) is 2. The zero-order chi connectivity index (χ0) is 18.2. The summed E-state index contributed by atoms with van der Waals surface area (Å²) in [5, 5.41) is 2.94. The number of nitrogens with two attached hydrogens (primary N) is 1. The largest absolute Gasteiger partial charge is 0.366 e. The van der Waals surface area contributed by atoms with Crippen LogP contribution in [0.3, 0.4) is 0 Å². The Morgan fingerprint density at radius 3 is 2.44 bits per heavy atom. The zero-order valence-corrected chi connectivity index (χ0v) is 14.0. The van der Waals surface area contributed by atoms with E-state index in [0.717, 1.165) is 6.20 Å². The van der Waals surface area contributed by atoms with Crippen LogP contribution in [0.4, 0.5) is 10.3 Å². The van der Waals surface area contributed by atoms with Gasteiger partial charge in [-0.1, -0.05) is 29.8 Å². The van der Waals surface area contributed by atoms with E-state index in [1.165, 1.54) is 6.20 Å². The number of halogens is 2. The van der Waals surface area contributed by atoms with Gasteiger partial charge >= 0.3 is 0 Å². The van der Waals surface area contributed by atoms with Crippen LogP contribution in [0.2, 0.25) is 5.15 Å². The summed E-state index contributed by atoms with van der Waals surface area (Å²) < 4.78 is 13.5. The molecule has 0 fully saturated rings. The number of rotatable bonds is 3. The Balaban J connectivity index is 0.000000212. The average molecular weight is 360 g/mol. The van der Waals surface area contributed by atoms with Crippen molar-refractivity contribution in [1.82, 2.24) is 15.0 Å². The maximum Gasteiger partial charge on any atom is 0.248 e. The number of nitrogens with zero attached hydrogens (tertiary/aromatic N) is 3. The molecule has 25 heavy (non-hydrogen) atoms. The summed E-state index contributed by atoms with van der Waals surface area (Å²) in [6.45, 7) is 0. The number of pyridine rings is 1. The summed E-state index contributed by atoms with van der Waals surface area (Å²) in [7, 11) is 1.65. The first-order chi connectivity index (χ1) is 12.0. The van der Waals surface area contributed by atoms with Gasteiger partial charge in [0.2, 0.25) is 11.9 Å². The minimum atomic E-state index is -0.533. The van der Waals surface area contributed by atoms with Crippen molar-refractivity contribution in [2.45, 2.75) is 0 Å². The van der Waals surface area contributed by atoms with Crippen LogP contribution >= 0.6 is 11.6 Å². The Kier molecular flexibility index (Phi) is 6.36. The van der Waals surface area contributed by atoms with Gasteiger partial charge in [0, 0.05) is 24.4 Å². The van der Waals surface area contributed by atoms with E-state index in [1.807, 2.05) is 6.07 Å². The summed E-state index contributed by atoms with van der Waals surface area (Å²) in [5.74, 6) is -0.583. The van der Waals surface area contributed by atoms with Gasteiger partial charge in [-0.05, 0) is 24.3 Å². The second-order valence-corrected chi connectivity index (χ2v) is 5.07. The van der Waals surface area contributed by atoms with Crippen LogP contribution in [0.15, 0.2) is 54.9 Å². The van der Waals surface area contributed by atoms with Crippen LogP contribution in [0.1, 0.15) is 10.4 Å². The molecular formula is C17H15ClFN5O. The molecule has 0 aliphatic rings. The van der Waals surface area contributed by atoms with Crippen LogP contribution in [0, 0.1) is 5.82 Å². The second-order valence-electron chi connectivity index (χ2n) is 4.71. The van der Waals surface area contributed by atoms with Crippen molar-refractivity contribution in [2.24, 2.45) is 5.73 Å². The van der Waals surface area contributed by atoms with E-state index in [9.17, 15) is 9.18 Å². The first-order valence-electron chi connectivity index (χ1n) is 7.19. The molecule has 128 valence electrons. The van der Waals surface area contributed by atoms with Gasteiger partial charge in [-0.2, -0.15) is 0 Å². The molecule has 2 aromatic heterocycles. The summed E-state index contributed by atoms with van der Waals surface area (Å²) in [5.41, 5.74) is 6.11. The maximum atomic E-state index is 13.5. The number of amides is 1. The Labute approximate surface area is 148 Å². The Morgan fingerprint density at radius 1 is 1.16 bits per heavy atom. The van der Waals surface area contributed by atoms with Crippen LogP contribution in [0.25, 0.3) is 11.3 Å². The number of carbonyl (C=O) groups excluding carboxylic acids is 1. The molecule has 0 bridgehead atoms. The molecule has 0 aliphatic heterocycles. The molecule has 3 rings (SSSR count). The van der Waals surface area contributed by atoms with Crippen molar-refractivity contribution in [2.75, 3.05) is 12.4 Å². The van der Waals surface area contributed by atoms with Crippen LogP contribution in [0.5, 0.6) is 0 Å². The number of carbonyl (C=O) groups is 1. The van der Waals surface area contributed by atoms with E-state index in [4.69, 9.17) is 17.3 Å². The molecule has 0 unspecified atom stereocenters. The molecule has 1 aromatic carbocycles. The molecule has 0 saturated heterocycles. The monoisotopic (exact) mass is 359 g/mol. The van der Waals surface area contributed by atoms with Crippen molar-refractivity contribution in [3.8, 4) is 11.3 Å². The van der Waals surface area contributed by atoms with Gasteiger partial charge in [-0.25, -0.2) is 19.3 Å². The van der Waals surface area contributed by atoms with Gasteiger partial charge in [0.25, 0.3) is 0 Å². The normalized spacial score (nSPS) is 9.72. The SMILES string of the molecule is CNc1ncc(F)c(-c2cccnc2Cl)n1.NC(=O)c1ccccc1. The Morgan fingerprint density at radius 2 is 1.88 bits per heavy atom. The van der Waals surface area contributed by atoms with E-state index < -0.39 is 5.82 Å². The van der Waals surface area contributed by atoms with Crippen LogP contribution in [-0.2, 0) is 0 Å². The van der Waals surface area contributed by atoms with Crippen molar-refractivity contribution < 1.29 is 9.18 Å². The van der Waals surface area contributed by atoms with Crippen LogP contribution in [-0.4, -0.2) is 27.9 Å². The number of hydrogen-bond acceptors (Lipinski definition) is 5. The summed E-state index contributed by atoms with van der Waals surface area (Å²) in [4.78, 5) is 22.0. The minimum Gasteiger partial charge on any atom is -0.366 e. The third-order valence-corrected chi connectivity index (χ3v) is 3.34. The summed E-state index contributed by atoms with van der Waals surface area (Å²) >= 11 is 5.87. The summed E-state index contributed by atoms with van der Waals surface area (Å²) in [6.07, 6.45) is 2.63. The van der Waals surface area contributed by atoms with Crippen LogP contribution < -0.4 is 11.1 Å². The molecule has 2 heterocycles. The number of aromatic nitrogens is 3. The third kappa shape index (κ3) is 4.95. The molecule has 3 N–H and O–H groups in total. The van der Waals surface area contributed by atoms with Crippen molar-refractivity contribution in [1.29, 1.82) is 0 Å². The maximum absolute atomic E-state index is 13.5. The first kappa shape index (κ1) is 18.3. The quantitative estimate of drug-likeness (QED) is 0.700. The lowest BCUT2D eigenvalue weighted by atomic mass is 10.2. The highest BCUT2D eigenvalue weighted by atomic mass is 35.5. The fourth-order valence-corrected chi connectivity index (χ4v) is 2.05. The number of anilines is 1. The average Bonchev–Trinajstić information content (AvgIpc) is 2.64. The van der Waals surface area contributed by atoms with E-state index in [2.05, 4.69) is 20.3 Å². The molecule has 8 heteroatoms. The highest BCUT2D eigenvalue weighted by Crippen LogP contribution is 2.26. The summed E-state index contributed by atoms with van der Waals surface area (Å²) in [6, 6.07) is 12.1. The minimum absolute atomic E-state index is 0.137. The lowest BCUT2D eigenvalue weighted by Gasteiger charge is -2.05. The van der Waals surface area contributed by atoms with E-state index in [0.29, 0.717) is 17.1 Å². The molecule has 0 spiro atoms. The van der Waals surface area contributed by atoms with Crippen molar-refractivity contribution in [3.63, 3.8) is 0 Å². The molecule has 0 saturated carbocycles. The van der Waals surface area contributed by atoms with E-state index in [-0.39, 0.29) is 16.8 Å². The molecule has 0 radical (unpaired) electrons. The zero-order valence-electron chi connectivity index (χ0n) is 13.3. The highest BCUT2D eigenvalue weighted by Gasteiger charge is 2.12. The molecule has 1 amide bonds. The van der Waals surface area contributed by atoms with E-state index >= 15 is 0 Å². The topological polar surface area (TPSA) is 93.8 Å². The third-order valence-electron chi connectivity index (χ3n) is 3.04. The standard InChI is InChI=1S/C10H8ClFN4.C7H7NO/c1-13-10-15-5-7(12)8(16-10)6-3-2-4-14-9(6)11;8-7(9)6-4-2-1-3-5-6/h2-5H,1H3,(H,13,15,16);1-5H,(H2,8,9). The predicted octanol–water partition coefficient (Wildman–Crippen LogP) is 3.16. The highest BCUT2D eigenvalue weighted by molar-refractivity contribution is 6.32. The molecule has 6 nitrogen and oxygen atoms in total. The van der Waals surface area contributed by atoms with E-state index in [1.54, 1.807) is 43.4 Å². The van der Waals surface area contributed by atoms with Gasteiger partial charge < -0.3 is 11.1 Å². The number of nitrogens with one attached hydrogen (secondary N) is 1. The lowest BCUT2D eigenvalue weighted by molar-refractivity contribution is 0.100. The molecule has 0 atom stereocenters. The molecular weight excluding hydrogens is 345 g/mol. The van der Waals surface area contributed by atoms with Crippen molar-refractivity contribution >= 4 is 23.5 Å². The fraction of sp³-hybridized carbons (Fsp3) is 0.0588. The van der Waals surface area contributed by atoms with Gasteiger partial charge in [0.05, 0.1) is 6.20 Å². The Hall–Kier alpha value is -3.06. The number of primary amides is 1. The Bertz CT molecular complexity index is 861. The van der Waals surface area contributed by atoms with Crippen molar-refractivity contribution in [3.05, 3.63) is 71.4 Å². The van der Waals surface area contributed by atoms with Gasteiger partial charge in [0.1, 0.15) is 10.8 Å². The molecule has 0 aliphatic carbocycles. The smallest absolute Gasteiger partial charge is 0.248 e. The molecule has 3 aromatic rings. The van der Waals surface area contributed by atoms with Gasteiger partial charge in [-0.15, -0.1) is 0 Å². The van der Waals surface area contributed by atoms with Gasteiger partial charge in [0.15, 0.2) is 5.82 Å². The number of benzene rings is 1.